The van der Waals surface area contributed by atoms with Gasteiger partial charge in [0.25, 0.3) is 0 Å². The van der Waals surface area contributed by atoms with Crippen LogP contribution in [0.5, 0.6) is 0 Å². The van der Waals surface area contributed by atoms with Crippen LogP contribution in [0.4, 0.5) is 0 Å². The first-order valence-corrected chi connectivity index (χ1v) is 5.33. The van der Waals surface area contributed by atoms with Gasteiger partial charge in [-0.25, -0.2) is 0 Å². The maximum absolute atomic E-state index is 4.82. The SMILES string of the molecule is Cn1cc(-c2ccc(-c3ccon3)cc2)cn1. The summed E-state index contributed by atoms with van der Waals surface area (Å²) in [5.74, 6) is 0. The molecule has 0 atom stereocenters. The predicted octanol–water partition coefficient (Wildman–Crippen LogP) is 2.74. The molecule has 0 aliphatic rings. The molecule has 0 aliphatic carbocycles. The average Bonchev–Trinajstić information content (AvgIpc) is 3.00. The number of benzene rings is 1. The van der Waals surface area contributed by atoms with E-state index >= 15 is 0 Å². The summed E-state index contributed by atoms with van der Waals surface area (Å²) in [6.07, 6.45) is 5.42. The number of aromatic nitrogens is 3. The normalized spacial score (nSPS) is 10.6. The molecule has 0 bridgehead atoms. The maximum Gasteiger partial charge on any atom is 0.124 e. The summed E-state index contributed by atoms with van der Waals surface area (Å²) >= 11 is 0. The van der Waals surface area contributed by atoms with Crippen molar-refractivity contribution < 1.29 is 4.52 Å². The Bertz CT molecular complexity index is 608. The predicted molar refractivity (Wildman–Crippen MR) is 64.1 cm³/mol. The van der Waals surface area contributed by atoms with Crippen molar-refractivity contribution in [1.82, 2.24) is 14.9 Å². The van der Waals surface area contributed by atoms with E-state index in [9.17, 15) is 0 Å². The first-order valence-electron chi connectivity index (χ1n) is 5.33. The second-order valence-electron chi connectivity index (χ2n) is 3.86. The van der Waals surface area contributed by atoms with Gasteiger partial charge in [0.05, 0.1) is 6.20 Å². The molecule has 0 unspecified atom stereocenters. The molecule has 0 amide bonds. The van der Waals surface area contributed by atoms with Gasteiger partial charge in [-0.1, -0.05) is 29.4 Å². The molecule has 3 aromatic rings. The average molecular weight is 225 g/mol. The van der Waals surface area contributed by atoms with Crippen LogP contribution >= 0.6 is 0 Å². The standard InChI is InChI=1S/C13H11N3O/c1-16-9-12(8-14-16)10-2-4-11(5-3-10)13-6-7-17-15-13/h2-9H,1H3. The molecule has 3 rings (SSSR count). The van der Waals surface area contributed by atoms with Gasteiger partial charge in [0.2, 0.25) is 0 Å². The zero-order chi connectivity index (χ0) is 11.7. The molecule has 4 nitrogen and oxygen atoms in total. The fourth-order valence-corrected chi connectivity index (χ4v) is 1.77. The summed E-state index contributed by atoms with van der Waals surface area (Å²) < 4.78 is 6.62. The smallest absolute Gasteiger partial charge is 0.124 e. The van der Waals surface area contributed by atoms with Crippen molar-refractivity contribution in [3.05, 3.63) is 49.0 Å². The summed E-state index contributed by atoms with van der Waals surface area (Å²) in [5.41, 5.74) is 4.15. The van der Waals surface area contributed by atoms with Gasteiger partial charge < -0.3 is 4.52 Å². The van der Waals surface area contributed by atoms with Gasteiger partial charge in [0, 0.05) is 30.4 Å². The van der Waals surface area contributed by atoms with E-state index in [2.05, 4.69) is 22.4 Å². The zero-order valence-electron chi connectivity index (χ0n) is 9.37. The first kappa shape index (κ1) is 9.84. The number of nitrogens with zero attached hydrogens (tertiary/aromatic N) is 3. The van der Waals surface area contributed by atoms with Crippen LogP contribution in [0.15, 0.2) is 53.5 Å². The summed E-state index contributed by atoms with van der Waals surface area (Å²) in [4.78, 5) is 0. The van der Waals surface area contributed by atoms with Crippen LogP contribution in [0, 0.1) is 0 Å². The third-order valence-corrected chi connectivity index (χ3v) is 2.66. The summed E-state index contributed by atoms with van der Waals surface area (Å²) in [7, 11) is 1.91. The van der Waals surface area contributed by atoms with Crippen LogP contribution in [-0.4, -0.2) is 14.9 Å². The molecule has 0 spiro atoms. The highest BCUT2D eigenvalue weighted by molar-refractivity contribution is 5.67. The molecule has 0 N–H and O–H groups in total. The number of hydrogen-bond donors (Lipinski definition) is 0. The second-order valence-corrected chi connectivity index (χ2v) is 3.86. The zero-order valence-corrected chi connectivity index (χ0v) is 9.37. The molecule has 2 heterocycles. The minimum atomic E-state index is 0.850. The van der Waals surface area contributed by atoms with Gasteiger partial charge in [0.1, 0.15) is 12.0 Å². The van der Waals surface area contributed by atoms with E-state index < -0.39 is 0 Å². The number of rotatable bonds is 2. The van der Waals surface area contributed by atoms with Gasteiger partial charge in [-0.2, -0.15) is 5.10 Å². The van der Waals surface area contributed by atoms with Crippen LogP contribution in [0.3, 0.4) is 0 Å². The molecule has 0 saturated carbocycles. The Kier molecular flexibility index (Phi) is 2.26. The largest absolute Gasteiger partial charge is 0.364 e. The van der Waals surface area contributed by atoms with Crippen LogP contribution in [-0.2, 0) is 7.05 Å². The highest BCUT2D eigenvalue weighted by atomic mass is 16.5. The van der Waals surface area contributed by atoms with Crippen LogP contribution in [0.2, 0.25) is 0 Å². The Labute approximate surface area is 98.5 Å². The highest BCUT2D eigenvalue weighted by Crippen LogP contribution is 2.23. The Balaban J connectivity index is 1.95. The van der Waals surface area contributed by atoms with E-state index in [4.69, 9.17) is 4.52 Å². The van der Waals surface area contributed by atoms with E-state index in [1.165, 1.54) is 0 Å². The first-order chi connectivity index (χ1) is 8.33. The lowest BCUT2D eigenvalue weighted by molar-refractivity contribution is 0.422. The molecule has 1 aromatic carbocycles. The minimum absolute atomic E-state index is 0.850. The Morgan fingerprint density at radius 2 is 1.76 bits per heavy atom. The van der Waals surface area contributed by atoms with E-state index in [1.54, 1.807) is 10.9 Å². The van der Waals surface area contributed by atoms with Gasteiger partial charge in [-0.3, -0.25) is 4.68 Å². The van der Waals surface area contributed by atoms with Crippen molar-refractivity contribution in [3.8, 4) is 22.4 Å². The third-order valence-electron chi connectivity index (χ3n) is 2.66. The summed E-state index contributed by atoms with van der Waals surface area (Å²) in [6, 6.07) is 10.0. The third kappa shape index (κ3) is 1.85. The Morgan fingerprint density at radius 3 is 2.35 bits per heavy atom. The van der Waals surface area contributed by atoms with Crippen molar-refractivity contribution in [2.45, 2.75) is 0 Å². The van der Waals surface area contributed by atoms with Crippen LogP contribution < -0.4 is 0 Å². The molecule has 0 aliphatic heterocycles. The molecular weight excluding hydrogens is 214 g/mol. The topological polar surface area (TPSA) is 43.9 Å². The fourth-order valence-electron chi connectivity index (χ4n) is 1.77. The van der Waals surface area contributed by atoms with E-state index in [-0.39, 0.29) is 0 Å². The van der Waals surface area contributed by atoms with E-state index in [0.717, 1.165) is 22.4 Å². The Morgan fingerprint density at radius 1 is 1.00 bits per heavy atom. The molecule has 0 fully saturated rings. The highest BCUT2D eigenvalue weighted by Gasteiger charge is 2.03. The van der Waals surface area contributed by atoms with Crippen molar-refractivity contribution in [3.63, 3.8) is 0 Å². The maximum atomic E-state index is 4.82. The Hall–Kier alpha value is -2.36. The molecule has 0 radical (unpaired) electrons. The minimum Gasteiger partial charge on any atom is -0.364 e. The lowest BCUT2D eigenvalue weighted by Gasteiger charge is -1.99. The second kappa shape index (κ2) is 3.90. The van der Waals surface area contributed by atoms with Crippen molar-refractivity contribution in [2.75, 3.05) is 0 Å². The molecule has 0 saturated heterocycles. The lowest BCUT2D eigenvalue weighted by atomic mass is 10.1. The lowest BCUT2D eigenvalue weighted by Crippen LogP contribution is -1.84. The van der Waals surface area contributed by atoms with Crippen molar-refractivity contribution in [2.24, 2.45) is 7.05 Å². The molecule has 4 heteroatoms. The quantitative estimate of drug-likeness (QED) is 0.673. The van der Waals surface area contributed by atoms with Crippen molar-refractivity contribution in [1.29, 1.82) is 0 Å². The van der Waals surface area contributed by atoms with Gasteiger partial charge >= 0.3 is 0 Å². The molecule has 17 heavy (non-hydrogen) atoms. The monoisotopic (exact) mass is 225 g/mol. The molecule has 2 aromatic heterocycles. The summed E-state index contributed by atoms with van der Waals surface area (Å²) in [5, 5.41) is 8.06. The van der Waals surface area contributed by atoms with E-state index in [0.29, 0.717) is 0 Å². The molecule has 84 valence electrons. The van der Waals surface area contributed by atoms with Gasteiger partial charge in [-0.05, 0) is 5.56 Å². The van der Waals surface area contributed by atoms with Gasteiger partial charge in [0.15, 0.2) is 0 Å². The van der Waals surface area contributed by atoms with Crippen molar-refractivity contribution >= 4 is 0 Å². The summed E-state index contributed by atoms with van der Waals surface area (Å²) in [6.45, 7) is 0. The fraction of sp³-hybridized carbons (Fsp3) is 0.0769. The van der Waals surface area contributed by atoms with Crippen LogP contribution in [0.25, 0.3) is 22.4 Å². The van der Waals surface area contributed by atoms with Gasteiger partial charge in [-0.15, -0.1) is 0 Å². The number of aryl methyl sites for hydroxylation is 1. The van der Waals surface area contributed by atoms with Crippen LogP contribution in [0.1, 0.15) is 0 Å². The molecular formula is C13H11N3O. The van der Waals surface area contributed by atoms with E-state index in [1.807, 2.05) is 37.6 Å². The number of hydrogen-bond acceptors (Lipinski definition) is 3.